The first-order valence-corrected chi connectivity index (χ1v) is 9.61. The summed E-state index contributed by atoms with van der Waals surface area (Å²) < 4.78 is 24.8. The van der Waals surface area contributed by atoms with Gasteiger partial charge in [0.05, 0.1) is 6.26 Å². The van der Waals surface area contributed by atoms with Gasteiger partial charge in [-0.3, -0.25) is 9.59 Å². The van der Waals surface area contributed by atoms with Gasteiger partial charge >= 0.3 is 0 Å². The van der Waals surface area contributed by atoms with Crippen LogP contribution in [-0.2, 0) is 19.6 Å². The van der Waals surface area contributed by atoms with E-state index in [9.17, 15) is 18.0 Å². The van der Waals surface area contributed by atoms with Crippen molar-refractivity contribution < 1.29 is 18.0 Å². The Hall–Kier alpha value is -1.15. The molecule has 0 radical (unpaired) electrons. The molecule has 2 aliphatic heterocycles. The Labute approximate surface area is 132 Å². The lowest BCUT2D eigenvalue weighted by atomic mass is 10.1. The van der Waals surface area contributed by atoms with Crippen LogP contribution in [0, 0.1) is 5.92 Å². The Kier molecular flexibility index (Phi) is 5.11. The highest BCUT2D eigenvalue weighted by molar-refractivity contribution is 7.88. The van der Waals surface area contributed by atoms with E-state index in [1.165, 1.54) is 4.31 Å². The largest absolute Gasteiger partial charge is 0.339 e. The topological polar surface area (TPSA) is 78.0 Å². The van der Waals surface area contributed by atoms with E-state index in [1.54, 1.807) is 9.80 Å². The highest BCUT2D eigenvalue weighted by Gasteiger charge is 2.39. The van der Waals surface area contributed by atoms with Crippen molar-refractivity contribution in [1.29, 1.82) is 0 Å². The second-order valence-electron chi connectivity index (χ2n) is 6.34. The molecule has 0 saturated carbocycles. The van der Waals surface area contributed by atoms with Gasteiger partial charge in [0, 0.05) is 38.6 Å². The first-order chi connectivity index (χ1) is 10.2. The van der Waals surface area contributed by atoms with E-state index in [-0.39, 0.29) is 17.7 Å². The molecule has 2 heterocycles. The predicted molar refractivity (Wildman–Crippen MR) is 82.6 cm³/mol. The lowest BCUT2D eigenvalue weighted by Crippen LogP contribution is -2.55. The minimum atomic E-state index is -3.35. The molecular formula is C14H25N3O4S. The van der Waals surface area contributed by atoms with Gasteiger partial charge < -0.3 is 9.80 Å². The van der Waals surface area contributed by atoms with E-state index in [4.69, 9.17) is 0 Å². The summed E-state index contributed by atoms with van der Waals surface area (Å²) in [7, 11) is -3.35. The van der Waals surface area contributed by atoms with Crippen LogP contribution in [0.15, 0.2) is 0 Å². The zero-order valence-electron chi connectivity index (χ0n) is 13.5. The standard InChI is InChI=1S/C14H25N3O4S/c1-11(2)13(18)15-7-9-16(10-8-15)14(19)12-5-4-6-17(12)22(3,20)21/h11-12H,4-10H2,1-3H3. The summed E-state index contributed by atoms with van der Waals surface area (Å²) in [6, 6.07) is -0.567. The minimum absolute atomic E-state index is 0.0437. The Bertz CT molecular complexity index is 538. The number of carbonyl (C=O) groups is 2. The van der Waals surface area contributed by atoms with Gasteiger partial charge in [-0.15, -0.1) is 0 Å². The summed E-state index contributed by atoms with van der Waals surface area (Å²) in [6.45, 7) is 6.14. The number of nitrogens with zero attached hydrogens (tertiary/aromatic N) is 3. The van der Waals surface area contributed by atoms with E-state index in [0.29, 0.717) is 39.1 Å². The van der Waals surface area contributed by atoms with Gasteiger partial charge in [-0.2, -0.15) is 4.31 Å². The normalized spacial score (nSPS) is 24.1. The van der Waals surface area contributed by atoms with E-state index in [0.717, 1.165) is 12.7 Å². The lowest BCUT2D eigenvalue weighted by Gasteiger charge is -2.37. The second kappa shape index (κ2) is 6.54. The Morgan fingerprint density at radius 2 is 1.55 bits per heavy atom. The smallest absolute Gasteiger partial charge is 0.241 e. The van der Waals surface area contributed by atoms with E-state index >= 15 is 0 Å². The fourth-order valence-electron chi connectivity index (χ4n) is 3.11. The Morgan fingerprint density at radius 3 is 2.05 bits per heavy atom. The third-order valence-electron chi connectivity index (χ3n) is 4.31. The van der Waals surface area contributed by atoms with Gasteiger partial charge in [-0.25, -0.2) is 8.42 Å². The van der Waals surface area contributed by atoms with E-state index in [2.05, 4.69) is 0 Å². The number of sulfonamides is 1. The summed E-state index contributed by atoms with van der Waals surface area (Å²) >= 11 is 0. The van der Waals surface area contributed by atoms with Crippen LogP contribution in [0.4, 0.5) is 0 Å². The average molecular weight is 331 g/mol. The van der Waals surface area contributed by atoms with Crippen LogP contribution in [-0.4, -0.2) is 79.4 Å². The van der Waals surface area contributed by atoms with Crippen LogP contribution in [0.1, 0.15) is 26.7 Å². The number of carbonyl (C=O) groups excluding carboxylic acids is 2. The molecule has 0 bridgehead atoms. The molecule has 8 heteroatoms. The van der Waals surface area contributed by atoms with Crippen LogP contribution < -0.4 is 0 Å². The zero-order chi connectivity index (χ0) is 16.5. The van der Waals surface area contributed by atoms with Crippen molar-refractivity contribution >= 4 is 21.8 Å². The monoisotopic (exact) mass is 331 g/mol. The van der Waals surface area contributed by atoms with Crippen LogP contribution in [0.3, 0.4) is 0 Å². The fraction of sp³-hybridized carbons (Fsp3) is 0.857. The molecule has 2 aliphatic rings. The first-order valence-electron chi connectivity index (χ1n) is 7.76. The molecule has 126 valence electrons. The van der Waals surface area contributed by atoms with Crippen molar-refractivity contribution in [3.63, 3.8) is 0 Å². The molecule has 0 aromatic carbocycles. The summed E-state index contributed by atoms with van der Waals surface area (Å²) in [5.41, 5.74) is 0. The number of piperazine rings is 1. The third kappa shape index (κ3) is 3.60. The zero-order valence-corrected chi connectivity index (χ0v) is 14.3. The number of rotatable bonds is 3. The second-order valence-corrected chi connectivity index (χ2v) is 8.27. The molecule has 0 aliphatic carbocycles. The van der Waals surface area contributed by atoms with Crippen LogP contribution in [0.5, 0.6) is 0 Å². The molecule has 22 heavy (non-hydrogen) atoms. The SMILES string of the molecule is CC(C)C(=O)N1CCN(C(=O)C2CCCN2S(C)(=O)=O)CC1. The van der Waals surface area contributed by atoms with Gasteiger partial charge in [-0.05, 0) is 12.8 Å². The van der Waals surface area contributed by atoms with Crippen molar-refractivity contribution in [1.82, 2.24) is 14.1 Å². The third-order valence-corrected chi connectivity index (χ3v) is 5.60. The van der Waals surface area contributed by atoms with Gasteiger partial charge in [0.1, 0.15) is 6.04 Å². The van der Waals surface area contributed by atoms with E-state index < -0.39 is 16.1 Å². The molecule has 1 atom stereocenters. The van der Waals surface area contributed by atoms with E-state index in [1.807, 2.05) is 13.8 Å². The molecule has 0 spiro atoms. The van der Waals surface area contributed by atoms with Gasteiger partial charge in [0.25, 0.3) is 0 Å². The highest BCUT2D eigenvalue weighted by Crippen LogP contribution is 2.22. The Balaban J connectivity index is 1.97. The quantitative estimate of drug-likeness (QED) is 0.714. The van der Waals surface area contributed by atoms with Gasteiger partial charge in [0.15, 0.2) is 0 Å². The van der Waals surface area contributed by atoms with Crippen LogP contribution in [0.2, 0.25) is 0 Å². The van der Waals surface area contributed by atoms with Crippen molar-refractivity contribution in [3.8, 4) is 0 Å². The minimum Gasteiger partial charge on any atom is -0.339 e. The molecule has 2 amide bonds. The van der Waals surface area contributed by atoms with Gasteiger partial charge in [0.2, 0.25) is 21.8 Å². The van der Waals surface area contributed by atoms with Gasteiger partial charge in [-0.1, -0.05) is 13.8 Å². The number of hydrogen-bond donors (Lipinski definition) is 0. The number of hydrogen-bond acceptors (Lipinski definition) is 4. The molecule has 0 N–H and O–H groups in total. The van der Waals surface area contributed by atoms with Crippen molar-refractivity contribution in [2.75, 3.05) is 39.0 Å². The van der Waals surface area contributed by atoms with Crippen molar-refractivity contribution in [2.45, 2.75) is 32.7 Å². The summed E-state index contributed by atoms with van der Waals surface area (Å²) in [4.78, 5) is 28.0. The molecule has 2 saturated heterocycles. The maximum Gasteiger partial charge on any atom is 0.241 e. The Morgan fingerprint density at radius 1 is 1.00 bits per heavy atom. The summed E-state index contributed by atoms with van der Waals surface area (Å²) in [5, 5.41) is 0. The summed E-state index contributed by atoms with van der Waals surface area (Å²) in [6.07, 6.45) is 2.45. The van der Waals surface area contributed by atoms with Crippen LogP contribution in [0.25, 0.3) is 0 Å². The molecule has 2 fully saturated rings. The maximum absolute atomic E-state index is 12.6. The molecule has 2 rings (SSSR count). The molecular weight excluding hydrogens is 306 g/mol. The van der Waals surface area contributed by atoms with Crippen molar-refractivity contribution in [3.05, 3.63) is 0 Å². The fourth-order valence-corrected chi connectivity index (χ4v) is 4.23. The number of amides is 2. The maximum atomic E-state index is 12.6. The summed E-state index contributed by atoms with van der Waals surface area (Å²) in [5.74, 6) is -0.0666. The lowest BCUT2D eigenvalue weighted by molar-refractivity contribution is -0.143. The molecule has 0 aromatic rings. The van der Waals surface area contributed by atoms with Crippen molar-refractivity contribution in [2.24, 2.45) is 5.92 Å². The molecule has 7 nitrogen and oxygen atoms in total. The highest BCUT2D eigenvalue weighted by atomic mass is 32.2. The average Bonchev–Trinajstić information content (AvgIpc) is 2.95. The molecule has 1 unspecified atom stereocenters. The molecule has 0 aromatic heterocycles. The predicted octanol–water partition coefficient (Wildman–Crippen LogP) is -0.263. The van der Waals surface area contributed by atoms with Crippen LogP contribution >= 0.6 is 0 Å². The first kappa shape index (κ1) is 17.2.